The van der Waals surface area contributed by atoms with Gasteiger partial charge in [-0.15, -0.1) is 11.6 Å². The van der Waals surface area contributed by atoms with Crippen molar-refractivity contribution >= 4 is 21.6 Å². The van der Waals surface area contributed by atoms with Gasteiger partial charge in [-0.05, 0) is 31.0 Å². The third-order valence-electron chi connectivity index (χ3n) is 3.58. The average Bonchev–Trinajstić information content (AvgIpc) is 2.97. The molecule has 1 unspecified atom stereocenters. The van der Waals surface area contributed by atoms with Crippen molar-refractivity contribution in [3.8, 4) is 0 Å². The van der Waals surface area contributed by atoms with Gasteiger partial charge in [-0.3, -0.25) is 0 Å². The minimum absolute atomic E-state index is 0.0623. The van der Waals surface area contributed by atoms with E-state index in [1.165, 1.54) is 16.4 Å². The molecule has 21 heavy (non-hydrogen) atoms. The molecular formula is C14H19ClFNO3S. The third-order valence-corrected chi connectivity index (χ3v) is 5.81. The Bertz CT molecular complexity index is 588. The number of sulfonamides is 1. The zero-order chi connectivity index (χ0) is 15.5. The van der Waals surface area contributed by atoms with E-state index in [9.17, 15) is 12.8 Å². The van der Waals surface area contributed by atoms with E-state index >= 15 is 0 Å². The molecule has 1 fully saturated rings. The first-order valence-electron chi connectivity index (χ1n) is 6.95. The predicted octanol–water partition coefficient (Wildman–Crippen LogP) is 2.75. The van der Waals surface area contributed by atoms with Crippen LogP contribution in [0.25, 0.3) is 0 Å². The van der Waals surface area contributed by atoms with E-state index < -0.39 is 15.8 Å². The third kappa shape index (κ3) is 3.74. The number of likely N-dealkylation sites (N-methyl/N-ethyl adjacent to an activating group) is 1. The highest BCUT2D eigenvalue weighted by molar-refractivity contribution is 7.89. The molecule has 1 heterocycles. The van der Waals surface area contributed by atoms with Crippen molar-refractivity contribution in [3.05, 3.63) is 29.6 Å². The molecule has 0 aliphatic carbocycles. The van der Waals surface area contributed by atoms with Gasteiger partial charge in [0.1, 0.15) is 5.82 Å². The molecule has 4 nitrogen and oxygen atoms in total. The van der Waals surface area contributed by atoms with Gasteiger partial charge in [-0.1, -0.05) is 6.92 Å². The summed E-state index contributed by atoms with van der Waals surface area (Å²) in [6.07, 6.45) is 1.75. The second-order valence-corrected chi connectivity index (χ2v) is 7.18. The predicted molar refractivity (Wildman–Crippen MR) is 79.4 cm³/mol. The molecule has 0 spiro atoms. The van der Waals surface area contributed by atoms with Crippen LogP contribution in [0.5, 0.6) is 0 Å². The van der Waals surface area contributed by atoms with Crippen molar-refractivity contribution in [1.29, 1.82) is 0 Å². The zero-order valence-corrected chi connectivity index (χ0v) is 13.5. The van der Waals surface area contributed by atoms with Gasteiger partial charge >= 0.3 is 0 Å². The molecule has 7 heteroatoms. The van der Waals surface area contributed by atoms with Gasteiger partial charge < -0.3 is 4.74 Å². The Morgan fingerprint density at radius 2 is 2.24 bits per heavy atom. The van der Waals surface area contributed by atoms with Crippen LogP contribution in [0.4, 0.5) is 4.39 Å². The van der Waals surface area contributed by atoms with Gasteiger partial charge in [0.05, 0.1) is 16.9 Å². The van der Waals surface area contributed by atoms with Gasteiger partial charge in [0, 0.05) is 25.3 Å². The van der Waals surface area contributed by atoms with Gasteiger partial charge in [0.15, 0.2) is 0 Å². The maximum atomic E-state index is 13.5. The van der Waals surface area contributed by atoms with E-state index in [1.54, 1.807) is 6.92 Å². The molecule has 2 rings (SSSR count). The van der Waals surface area contributed by atoms with E-state index in [1.807, 2.05) is 0 Å². The van der Waals surface area contributed by atoms with Crippen LogP contribution in [0.2, 0.25) is 0 Å². The number of hydrogen-bond acceptors (Lipinski definition) is 3. The summed E-state index contributed by atoms with van der Waals surface area (Å²) in [7, 11) is -3.66. The maximum Gasteiger partial charge on any atom is 0.243 e. The molecule has 1 saturated heterocycles. The molecule has 0 radical (unpaired) electrons. The molecular weight excluding hydrogens is 317 g/mol. The molecule has 0 amide bonds. The maximum absolute atomic E-state index is 13.5. The lowest BCUT2D eigenvalue weighted by atomic mass is 10.2. The van der Waals surface area contributed by atoms with Crippen LogP contribution in [0.3, 0.4) is 0 Å². The fourth-order valence-corrected chi connectivity index (χ4v) is 4.11. The summed E-state index contributed by atoms with van der Waals surface area (Å²) in [5.41, 5.74) is 0.186. The van der Waals surface area contributed by atoms with Gasteiger partial charge in [0.25, 0.3) is 0 Å². The van der Waals surface area contributed by atoms with Crippen molar-refractivity contribution in [2.24, 2.45) is 0 Å². The van der Waals surface area contributed by atoms with Gasteiger partial charge in [0.2, 0.25) is 10.0 Å². The Kier molecular flexibility index (Phi) is 5.60. The van der Waals surface area contributed by atoms with Crippen molar-refractivity contribution < 1.29 is 17.5 Å². The zero-order valence-electron chi connectivity index (χ0n) is 11.9. The summed E-state index contributed by atoms with van der Waals surface area (Å²) < 4.78 is 45.6. The Hall–Kier alpha value is -0.690. The van der Waals surface area contributed by atoms with E-state index in [-0.39, 0.29) is 22.4 Å². The number of nitrogens with zero attached hydrogens (tertiary/aromatic N) is 1. The van der Waals surface area contributed by atoms with Crippen LogP contribution >= 0.6 is 11.6 Å². The number of ether oxygens (including phenoxy) is 1. The Morgan fingerprint density at radius 3 is 2.81 bits per heavy atom. The Balaban J connectivity index is 2.25. The minimum Gasteiger partial charge on any atom is -0.377 e. The highest BCUT2D eigenvalue weighted by atomic mass is 35.5. The van der Waals surface area contributed by atoms with Crippen molar-refractivity contribution in [1.82, 2.24) is 4.31 Å². The lowest BCUT2D eigenvalue weighted by Crippen LogP contribution is -2.37. The number of benzene rings is 1. The monoisotopic (exact) mass is 335 g/mol. The smallest absolute Gasteiger partial charge is 0.243 e. The lowest BCUT2D eigenvalue weighted by Gasteiger charge is -2.23. The molecule has 0 aromatic heterocycles. The SMILES string of the molecule is CCN(CC1CCCO1)S(=O)(=O)c1ccc(F)c(CCl)c1. The summed E-state index contributed by atoms with van der Waals surface area (Å²) in [6, 6.07) is 3.72. The summed E-state index contributed by atoms with van der Waals surface area (Å²) in [6.45, 7) is 3.12. The number of alkyl halides is 1. The van der Waals surface area contributed by atoms with Crippen LogP contribution < -0.4 is 0 Å². The van der Waals surface area contributed by atoms with Crippen LogP contribution in [0, 0.1) is 5.82 Å². The molecule has 1 aromatic carbocycles. The Labute approximate surface area is 129 Å². The first-order chi connectivity index (χ1) is 9.98. The average molecular weight is 336 g/mol. The quantitative estimate of drug-likeness (QED) is 0.751. The number of halogens is 2. The highest BCUT2D eigenvalue weighted by Gasteiger charge is 2.28. The number of rotatable bonds is 6. The number of hydrogen-bond donors (Lipinski definition) is 0. The van der Waals surface area contributed by atoms with E-state index in [0.717, 1.165) is 18.9 Å². The summed E-state index contributed by atoms with van der Waals surface area (Å²) in [5, 5.41) is 0. The fourth-order valence-electron chi connectivity index (χ4n) is 2.38. The van der Waals surface area contributed by atoms with Crippen molar-refractivity contribution in [2.75, 3.05) is 19.7 Å². The molecule has 0 N–H and O–H groups in total. The largest absolute Gasteiger partial charge is 0.377 e. The fraction of sp³-hybridized carbons (Fsp3) is 0.571. The van der Waals surface area contributed by atoms with Crippen molar-refractivity contribution in [2.45, 2.75) is 36.6 Å². The normalized spacial score (nSPS) is 19.3. The summed E-state index contributed by atoms with van der Waals surface area (Å²) in [5.74, 6) is -0.557. The van der Waals surface area contributed by atoms with Gasteiger partial charge in [-0.25, -0.2) is 12.8 Å². The topological polar surface area (TPSA) is 46.6 Å². The van der Waals surface area contributed by atoms with Crippen LogP contribution in [0.15, 0.2) is 23.1 Å². The molecule has 0 bridgehead atoms. The summed E-state index contributed by atoms with van der Waals surface area (Å²) in [4.78, 5) is 0.0689. The molecule has 1 aliphatic heterocycles. The Morgan fingerprint density at radius 1 is 1.48 bits per heavy atom. The van der Waals surface area contributed by atoms with E-state index in [4.69, 9.17) is 16.3 Å². The highest BCUT2D eigenvalue weighted by Crippen LogP contribution is 2.22. The van der Waals surface area contributed by atoms with E-state index in [2.05, 4.69) is 0 Å². The molecule has 118 valence electrons. The minimum atomic E-state index is -3.66. The summed E-state index contributed by atoms with van der Waals surface area (Å²) >= 11 is 5.64. The van der Waals surface area contributed by atoms with Crippen LogP contribution in [-0.2, 0) is 20.6 Å². The molecule has 1 atom stereocenters. The lowest BCUT2D eigenvalue weighted by molar-refractivity contribution is 0.0947. The molecule has 0 saturated carbocycles. The van der Waals surface area contributed by atoms with E-state index in [0.29, 0.717) is 19.7 Å². The second kappa shape index (κ2) is 7.05. The molecule has 1 aliphatic rings. The van der Waals surface area contributed by atoms with Crippen LogP contribution in [-0.4, -0.2) is 38.5 Å². The standard InChI is InChI=1S/C14H19ClFNO3S/c1-2-17(10-12-4-3-7-20-12)21(18,19)13-5-6-14(16)11(8-13)9-15/h5-6,8,12H,2-4,7,9-10H2,1H3. The first kappa shape index (κ1) is 16.7. The first-order valence-corrected chi connectivity index (χ1v) is 8.92. The second-order valence-electron chi connectivity index (χ2n) is 4.98. The van der Waals surface area contributed by atoms with Crippen molar-refractivity contribution in [3.63, 3.8) is 0 Å². The van der Waals surface area contributed by atoms with Gasteiger partial charge in [-0.2, -0.15) is 4.31 Å². The molecule has 1 aromatic rings. The van der Waals surface area contributed by atoms with Crippen LogP contribution in [0.1, 0.15) is 25.3 Å².